The standard InChI is InChI=1S/C43H58F3N5O10SSi/c1-39(2,3)63(5,6)60-21-20-59-27-14-15-30-29(22-27)28-16-17-41(61-33(28)34(47-30)43(44,45)46)24-32-35(52)49-42(37(54)50-62(57,58)40(4)18-19-40)23-26(42)12-10-8-7-9-11-13-31(48-38(55)56)36(53)51(32)25-41/h10,12,14-15,22,26,31-32,48H,7-9,11,13,16-21,23-25H2,1-6H3,(H,49,52)(H,50,54)(H,55,56)/b12-10-/t26-,31+,32+,41-,42-/m1/s1. The van der Waals surface area contributed by atoms with Crippen LogP contribution >= 0.6 is 0 Å². The molecule has 7 rings (SSSR count). The third kappa shape index (κ3) is 9.39. The average Bonchev–Trinajstić information content (AvgIpc) is 4.08. The first-order chi connectivity index (χ1) is 29.3. The number of aromatic nitrogens is 1. The maximum Gasteiger partial charge on any atom is 0.437 e. The van der Waals surface area contributed by atoms with Crippen LogP contribution in [0.1, 0.15) is 103 Å². The fraction of sp³-hybridized carbons (Fsp3) is 0.651. The molecule has 20 heteroatoms. The number of pyridine rings is 1. The molecular formula is C43H58F3N5O10SSi. The van der Waals surface area contributed by atoms with Crippen molar-refractivity contribution in [3.63, 3.8) is 0 Å². The number of carbonyl (C=O) groups excluding carboxylic acids is 3. The molecule has 4 N–H and O–H groups in total. The van der Waals surface area contributed by atoms with E-state index in [2.05, 4.69) is 54.2 Å². The van der Waals surface area contributed by atoms with Crippen LogP contribution < -0.4 is 24.8 Å². The van der Waals surface area contributed by atoms with Crippen LogP contribution in [0.4, 0.5) is 18.0 Å². The minimum atomic E-state index is -4.97. The highest BCUT2D eigenvalue weighted by Crippen LogP contribution is 2.51. The summed E-state index contributed by atoms with van der Waals surface area (Å²) in [7, 11) is -6.17. The Labute approximate surface area is 366 Å². The number of alkyl halides is 3. The quantitative estimate of drug-likeness (QED) is 0.124. The Morgan fingerprint density at radius 2 is 1.81 bits per heavy atom. The van der Waals surface area contributed by atoms with Gasteiger partial charge in [0.1, 0.15) is 35.6 Å². The number of hydrogen-bond donors (Lipinski definition) is 4. The van der Waals surface area contributed by atoms with Crippen molar-refractivity contribution >= 4 is 53.1 Å². The number of aryl methyl sites for hydroxylation is 1. The van der Waals surface area contributed by atoms with Crippen molar-refractivity contribution in [2.45, 2.75) is 151 Å². The van der Waals surface area contributed by atoms with Gasteiger partial charge in [-0.05, 0) is 94.6 Å². The van der Waals surface area contributed by atoms with Gasteiger partial charge in [-0.15, -0.1) is 0 Å². The zero-order valence-electron chi connectivity index (χ0n) is 36.6. The summed E-state index contributed by atoms with van der Waals surface area (Å²) in [5.41, 5.74) is -4.26. The fourth-order valence-corrected chi connectivity index (χ4v) is 11.0. The molecule has 0 radical (unpaired) electrons. The van der Waals surface area contributed by atoms with Gasteiger partial charge in [0.2, 0.25) is 21.8 Å². The average molecular weight is 922 g/mol. The molecule has 5 aliphatic rings. The number of amides is 4. The second-order valence-electron chi connectivity index (χ2n) is 19.6. The maximum atomic E-state index is 14.9. The molecule has 346 valence electrons. The molecule has 3 aliphatic heterocycles. The van der Waals surface area contributed by atoms with Gasteiger partial charge in [-0.1, -0.05) is 45.8 Å². The molecule has 2 aromatic rings. The SMILES string of the molecule is CC(C)(C)[Si](C)(C)OCCOc1ccc2nc(C(F)(F)F)c3c(c2c1)CC[C@]1(C[C@H]2C(=O)N[C@]4(C(=O)NS(=O)(=O)C5(C)CC5)C[C@H]4/C=C\CCCCC[C@H](NC(=O)O)C(=O)N2C1)O3. The normalized spacial score (nSPS) is 28.0. The molecule has 2 aliphatic carbocycles. The lowest BCUT2D eigenvalue weighted by molar-refractivity contribution is -0.144. The minimum Gasteiger partial charge on any atom is -0.491 e. The van der Waals surface area contributed by atoms with E-state index < -0.39 is 93.7 Å². The largest absolute Gasteiger partial charge is 0.491 e. The first-order valence-corrected chi connectivity index (χ1v) is 26.0. The van der Waals surface area contributed by atoms with Crippen LogP contribution in [0.5, 0.6) is 11.5 Å². The summed E-state index contributed by atoms with van der Waals surface area (Å²) in [6.45, 7) is 12.3. The molecule has 1 aromatic carbocycles. The predicted octanol–water partition coefficient (Wildman–Crippen LogP) is 6.35. The molecular weight excluding hydrogens is 864 g/mol. The first-order valence-electron chi connectivity index (χ1n) is 21.7. The van der Waals surface area contributed by atoms with E-state index in [4.69, 9.17) is 13.9 Å². The number of ether oxygens (including phenoxy) is 2. The second kappa shape index (κ2) is 16.5. The minimum absolute atomic E-state index is 0.0135. The molecule has 63 heavy (non-hydrogen) atoms. The van der Waals surface area contributed by atoms with Crippen LogP contribution in [-0.2, 0) is 41.4 Å². The lowest BCUT2D eigenvalue weighted by atomic mass is 9.87. The predicted molar refractivity (Wildman–Crippen MR) is 228 cm³/mol. The summed E-state index contributed by atoms with van der Waals surface area (Å²) >= 11 is 0. The number of sulfonamides is 1. The van der Waals surface area contributed by atoms with Crippen LogP contribution in [0, 0.1) is 5.92 Å². The number of halogens is 3. The van der Waals surface area contributed by atoms with E-state index in [1.807, 2.05) is 6.08 Å². The van der Waals surface area contributed by atoms with Crippen LogP contribution in [0.2, 0.25) is 18.1 Å². The number of benzene rings is 1. The van der Waals surface area contributed by atoms with Gasteiger partial charge < -0.3 is 34.5 Å². The monoisotopic (exact) mass is 921 g/mol. The smallest absolute Gasteiger partial charge is 0.437 e. The Morgan fingerprint density at radius 1 is 1.08 bits per heavy atom. The van der Waals surface area contributed by atoms with Crippen molar-refractivity contribution in [1.82, 2.24) is 25.2 Å². The van der Waals surface area contributed by atoms with Gasteiger partial charge in [0.05, 0.1) is 23.4 Å². The van der Waals surface area contributed by atoms with Crippen LogP contribution in [0.3, 0.4) is 0 Å². The van der Waals surface area contributed by atoms with E-state index in [0.717, 1.165) is 4.90 Å². The number of hydrogen-bond acceptors (Lipinski definition) is 10. The lowest BCUT2D eigenvalue weighted by Gasteiger charge is -2.37. The number of nitrogens with zero attached hydrogens (tertiary/aromatic N) is 2. The number of nitrogens with one attached hydrogen (secondary N) is 3. The van der Waals surface area contributed by atoms with Gasteiger partial charge in [-0.25, -0.2) is 18.2 Å². The third-order valence-electron chi connectivity index (χ3n) is 14.0. The Kier molecular flexibility index (Phi) is 12.2. The summed E-state index contributed by atoms with van der Waals surface area (Å²) in [6.07, 6.45) is 0.114. The third-order valence-corrected chi connectivity index (χ3v) is 20.7. The zero-order valence-corrected chi connectivity index (χ0v) is 38.4. The Bertz CT molecular complexity index is 2320. The molecule has 1 aromatic heterocycles. The van der Waals surface area contributed by atoms with E-state index >= 15 is 0 Å². The summed E-state index contributed by atoms with van der Waals surface area (Å²) in [4.78, 5) is 60.1. The van der Waals surface area contributed by atoms with Gasteiger partial charge >= 0.3 is 12.3 Å². The Balaban J connectivity index is 1.21. The highest BCUT2D eigenvalue weighted by atomic mass is 32.2. The van der Waals surface area contributed by atoms with Gasteiger partial charge in [0.15, 0.2) is 19.8 Å². The van der Waals surface area contributed by atoms with Gasteiger partial charge in [-0.3, -0.25) is 19.1 Å². The van der Waals surface area contributed by atoms with Gasteiger partial charge in [0.25, 0.3) is 5.91 Å². The number of carboxylic acid groups (broad SMARTS) is 1. The first kappa shape index (κ1) is 46.6. The topological polar surface area (TPSA) is 203 Å². The summed E-state index contributed by atoms with van der Waals surface area (Å²) in [6, 6.07) is 1.87. The second-order valence-corrected chi connectivity index (χ2v) is 26.6. The number of fused-ring (bicyclic) bond motifs is 5. The van der Waals surface area contributed by atoms with E-state index in [0.29, 0.717) is 56.3 Å². The molecule has 2 saturated carbocycles. The molecule has 1 saturated heterocycles. The van der Waals surface area contributed by atoms with E-state index in [9.17, 15) is 45.9 Å². The number of carbonyl (C=O) groups is 4. The molecule has 0 unspecified atom stereocenters. The Hall–Kier alpha value is -4.43. The summed E-state index contributed by atoms with van der Waals surface area (Å²) < 4.78 is 90.8. The maximum absolute atomic E-state index is 14.9. The number of rotatable bonds is 9. The van der Waals surface area contributed by atoms with Crippen molar-refractivity contribution in [2.24, 2.45) is 5.92 Å². The van der Waals surface area contributed by atoms with Crippen molar-refractivity contribution in [3.05, 3.63) is 41.6 Å². The molecule has 0 bridgehead atoms. The van der Waals surface area contributed by atoms with Crippen molar-refractivity contribution in [3.8, 4) is 11.5 Å². The van der Waals surface area contributed by atoms with E-state index in [1.54, 1.807) is 18.2 Å². The van der Waals surface area contributed by atoms with Crippen LogP contribution in [-0.4, -0.2) is 103 Å². The molecule has 15 nitrogen and oxygen atoms in total. The van der Waals surface area contributed by atoms with Crippen molar-refractivity contribution in [2.75, 3.05) is 19.8 Å². The molecule has 5 atom stereocenters. The zero-order chi connectivity index (χ0) is 46.0. The van der Waals surface area contributed by atoms with Gasteiger partial charge in [-0.2, -0.15) is 13.2 Å². The number of allylic oxidation sites excluding steroid dienone is 1. The highest BCUT2D eigenvalue weighted by molar-refractivity contribution is 7.91. The van der Waals surface area contributed by atoms with E-state index in [1.165, 1.54) is 13.0 Å². The van der Waals surface area contributed by atoms with E-state index in [-0.39, 0.29) is 61.4 Å². The lowest BCUT2D eigenvalue weighted by Crippen LogP contribution is -2.58. The van der Waals surface area contributed by atoms with Crippen molar-refractivity contribution < 1.29 is 59.8 Å². The van der Waals surface area contributed by atoms with Gasteiger partial charge in [0, 0.05) is 23.3 Å². The highest BCUT2D eigenvalue weighted by Gasteiger charge is 2.64. The van der Waals surface area contributed by atoms with Crippen LogP contribution in [0.25, 0.3) is 10.9 Å². The fourth-order valence-electron chi connectivity index (χ4n) is 8.61. The van der Waals surface area contributed by atoms with Crippen molar-refractivity contribution in [1.29, 1.82) is 0 Å². The molecule has 4 heterocycles. The molecule has 3 fully saturated rings. The van der Waals surface area contributed by atoms with Crippen LogP contribution in [0.15, 0.2) is 30.4 Å². The summed E-state index contributed by atoms with van der Waals surface area (Å²) in [5, 5.41) is 15.1. The molecule has 4 amide bonds. The molecule has 1 spiro atoms. The Morgan fingerprint density at radius 3 is 2.48 bits per heavy atom. The summed E-state index contributed by atoms with van der Waals surface area (Å²) in [5.74, 6) is -3.30.